The molecule has 1 saturated carbocycles. The van der Waals surface area contributed by atoms with E-state index in [1.54, 1.807) is 19.2 Å². The minimum Gasteiger partial charge on any atom is -0.485 e. The molecule has 7 nitrogen and oxygen atoms in total. The molecule has 0 saturated heterocycles. The van der Waals surface area contributed by atoms with E-state index in [0.717, 1.165) is 31.6 Å². The number of aromatic amines is 1. The number of aryl methyl sites for hydroxylation is 2. The Bertz CT molecular complexity index is 770. The summed E-state index contributed by atoms with van der Waals surface area (Å²) in [6, 6.07) is 3.56. The van der Waals surface area contributed by atoms with Crippen LogP contribution in [0.3, 0.4) is 0 Å². The number of hydrogen-bond acceptors (Lipinski definition) is 4. The van der Waals surface area contributed by atoms with Gasteiger partial charge in [-0.1, -0.05) is 0 Å². The molecule has 2 aromatic rings. The summed E-state index contributed by atoms with van der Waals surface area (Å²) in [5.41, 5.74) is 1.60. The maximum Gasteiger partial charge on any atom is 0.253 e. The molecule has 1 amide bonds. The van der Waals surface area contributed by atoms with Crippen LogP contribution in [-0.4, -0.2) is 32.8 Å². The van der Waals surface area contributed by atoms with Crippen molar-refractivity contribution < 1.29 is 9.53 Å². The smallest absolute Gasteiger partial charge is 0.253 e. The highest BCUT2D eigenvalue weighted by Crippen LogP contribution is 2.25. The third-order valence-corrected chi connectivity index (χ3v) is 4.37. The Labute approximate surface area is 140 Å². The number of hydrogen-bond donors (Lipinski definition) is 2. The highest BCUT2D eigenvalue weighted by molar-refractivity contribution is 5.96. The number of rotatable bonds is 5. The number of amides is 1. The van der Waals surface area contributed by atoms with E-state index in [0.29, 0.717) is 17.0 Å². The van der Waals surface area contributed by atoms with Gasteiger partial charge in [0.25, 0.3) is 5.91 Å². The first-order chi connectivity index (χ1) is 11.6. The summed E-state index contributed by atoms with van der Waals surface area (Å²) in [5, 5.41) is 16.2. The van der Waals surface area contributed by atoms with Gasteiger partial charge >= 0.3 is 0 Å². The molecule has 0 aromatic carbocycles. The summed E-state index contributed by atoms with van der Waals surface area (Å²) >= 11 is 0. The van der Waals surface area contributed by atoms with E-state index in [4.69, 9.17) is 10.00 Å². The van der Waals surface area contributed by atoms with E-state index < -0.39 is 0 Å². The first-order valence-corrected chi connectivity index (χ1v) is 8.20. The molecule has 3 rings (SSSR count). The lowest BCUT2D eigenvalue weighted by atomic mass is 10.1. The number of ether oxygens (including phenoxy) is 1. The lowest BCUT2D eigenvalue weighted by molar-refractivity contribution is 0.0893. The normalized spacial score (nSPS) is 19.9. The Balaban J connectivity index is 1.66. The zero-order valence-electron chi connectivity index (χ0n) is 13.9. The molecule has 1 fully saturated rings. The third-order valence-electron chi connectivity index (χ3n) is 4.37. The molecule has 2 heterocycles. The van der Waals surface area contributed by atoms with Crippen molar-refractivity contribution in [3.63, 3.8) is 0 Å². The number of nitrogens with one attached hydrogen (secondary N) is 2. The predicted octanol–water partition coefficient (Wildman–Crippen LogP) is 2.14. The van der Waals surface area contributed by atoms with Gasteiger partial charge in [-0.3, -0.25) is 9.48 Å². The second-order valence-corrected chi connectivity index (χ2v) is 6.03. The average Bonchev–Trinajstić information content (AvgIpc) is 3.28. The highest BCUT2D eigenvalue weighted by Gasteiger charge is 2.31. The number of nitriles is 1. The van der Waals surface area contributed by atoms with Gasteiger partial charge in [-0.2, -0.15) is 10.4 Å². The molecule has 24 heavy (non-hydrogen) atoms. The minimum absolute atomic E-state index is 0.0395. The van der Waals surface area contributed by atoms with Crippen molar-refractivity contribution in [2.24, 2.45) is 0 Å². The van der Waals surface area contributed by atoms with Crippen molar-refractivity contribution in [3.8, 4) is 11.8 Å². The summed E-state index contributed by atoms with van der Waals surface area (Å²) in [4.78, 5) is 15.4. The average molecular weight is 327 g/mol. The molecule has 2 aromatic heterocycles. The first kappa shape index (κ1) is 16.1. The monoisotopic (exact) mass is 327 g/mol. The standard InChI is InChI=1S/C17H21N5O2/c1-3-22-10-13(9-19-22)24-16-6-4-5-15(16)21-17(23)14-7-12(8-18)20-11(14)2/h7,9-10,15-16,20H,3-6H2,1-2H3,(H,21,23)/t15-,16+/m0/s1. The summed E-state index contributed by atoms with van der Waals surface area (Å²) in [5.74, 6) is 0.558. The van der Waals surface area contributed by atoms with Gasteiger partial charge in [0.1, 0.15) is 17.9 Å². The largest absolute Gasteiger partial charge is 0.485 e. The molecule has 2 atom stereocenters. The maximum absolute atomic E-state index is 12.5. The van der Waals surface area contributed by atoms with Gasteiger partial charge in [0.2, 0.25) is 0 Å². The van der Waals surface area contributed by atoms with Crippen molar-refractivity contribution in [2.75, 3.05) is 0 Å². The molecule has 0 bridgehead atoms. The van der Waals surface area contributed by atoms with Crippen LogP contribution in [-0.2, 0) is 6.54 Å². The van der Waals surface area contributed by atoms with E-state index in [1.165, 1.54) is 0 Å². The molecule has 0 spiro atoms. The number of H-pyrrole nitrogens is 1. The van der Waals surface area contributed by atoms with Crippen LogP contribution < -0.4 is 10.1 Å². The van der Waals surface area contributed by atoms with Gasteiger partial charge in [-0.15, -0.1) is 0 Å². The molecular weight excluding hydrogens is 306 g/mol. The minimum atomic E-state index is -0.171. The molecular formula is C17H21N5O2. The second-order valence-electron chi connectivity index (χ2n) is 6.03. The van der Waals surface area contributed by atoms with Crippen molar-refractivity contribution >= 4 is 5.91 Å². The van der Waals surface area contributed by atoms with Crippen molar-refractivity contribution in [2.45, 2.75) is 51.8 Å². The molecule has 1 aliphatic carbocycles. The maximum atomic E-state index is 12.5. The summed E-state index contributed by atoms with van der Waals surface area (Å²) < 4.78 is 7.82. The van der Waals surface area contributed by atoms with E-state index in [2.05, 4.69) is 15.4 Å². The van der Waals surface area contributed by atoms with E-state index in [1.807, 2.05) is 23.9 Å². The van der Waals surface area contributed by atoms with Gasteiger partial charge in [-0.05, 0) is 39.2 Å². The van der Waals surface area contributed by atoms with Crippen LogP contribution in [0, 0.1) is 18.3 Å². The molecule has 0 unspecified atom stereocenters. The molecule has 0 radical (unpaired) electrons. The lowest BCUT2D eigenvalue weighted by Gasteiger charge is -2.21. The fourth-order valence-electron chi connectivity index (χ4n) is 3.09. The Morgan fingerprint density at radius 3 is 3.08 bits per heavy atom. The van der Waals surface area contributed by atoms with Crippen molar-refractivity contribution in [1.29, 1.82) is 5.26 Å². The van der Waals surface area contributed by atoms with Crippen LogP contribution in [0.5, 0.6) is 5.75 Å². The predicted molar refractivity (Wildman–Crippen MR) is 87.7 cm³/mol. The molecule has 2 N–H and O–H groups in total. The van der Waals surface area contributed by atoms with Crippen LogP contribution in [0.4, 0.5) is 0 Å². The van der Waals surface area contributed by atoms with Crippen molar-refractivity contribution in [3.05, 3.63) is 35.4 Å². The SMILES string of the molecule is CCn1cc(O[C@@H]2CCC[C@@H]2NC(=O)c2cc(C#N)[nH]c2C)cn1. The Morgan fingerprint density at radius 1 is 1.58 bits per heavy atom. The van der Waals surface area contributed by atoms with Gasteiger partial charge in [0, 0.05) is 12.2 Å². The molecule has 7 heteroatoms. The molecule has 126 valence electrons. The summed E-state index contributed by atoms with van der Waals surface area (Å²) in [6.07, 6.45) is 6.30. The topological polar surface area (TPSA) is 95.7 Å². The van der Waals surface area contributed by atoms with Gasteiger partial charge < -0.3 is 15.0 Å². The first-order valence-electron chi connectivity index (χ1n) is 8.20. The Hall–Kier alpha value is -2.75. The summed E-state index contributed by atoms with van der Waals surface area (Å²) in [6.45, 7) is 4.60. The number of carbonyl (C=O) groups excluding carboxylic acids is 1. The van der Waals surface area contributed by atoms with Crippen LogP contribution in [0.15, 0.2) is 18.5 Å². The van der Waals surface area contributed by atoms with E-state index in [-0.39, 0.29) is 18.1 Å². The third kappa shape index (κ3) is 3.27. The van der Waals surface area contributed by atoms with Gasteiger partial charge in [0.05, 0.1) is 24.0 Å². The quantitative estimate of drug-likeness (QED) is 0.879. The van der Waals surface area contributed by atoms with Crippen LogP contribution in [0.1, 0.15) is 47.9 Å². The van der Waals surface area contributed by atoms with E-state index in [9.17, 15) is 4.79 Å². The number of nitrogens with zero attached hydrogens (tertiary/aromatic N) is 3. The fourth-order valence-corrected chi connectivity index (χ4v) is 3.09. The number of aromatic nitrogens is 3. The van der Waals surface area contributed by atoms with E-state index >= 15 is 0 Å². The Morgan fingerprint density at radius 2 is 2.42 bits per heavy atom. The molecule has 0 aliphatic heterocycles. The second kappa shape index (κ2) is 6.79. The zero-order chi connectivity index (χ0) is 17.1. The fraction of sp³-hybridized carbons (Fsp3) is 0.471. The lowest BCUT2D eigenvalue weighted by Crippen LogP contribution is -2.42. The van der Waals surface area contributed by atoms with Crippen LogP contribution in [0.25, 0.3) is 0 Å². The Kier molecular flexibility index (Phi) is 4.56. The number of carbonyl (C=O) groups is 1. The molecule has 1 aliphatic rings. The van der Waals surface area contributed by atoms with Crippen molar-refractivity contribution in [1.82, 2.24) is 20.1 Å². The van der Waals surface area contributed by atoms with Crippen LogP contribution >= 0.6 is 0 Å². The zero-order valence-corrected chi connectivity index (χ0v) is 13.9. The summed E-state index contributed by atoms with van der Waals surface area (Å²) in [7, 11) is 0. The highest BCUT2D eigenvalue weighted by atomic mass is 16.5. The van der Waals surface area contributed by atoms with Gasteiger partial charge in [-0.25, -0.2) is 0 Å². The van der Waals surface area contributed by atoms with Crippen LogP contribution in [0.2, 0.25) is 0 Å². The van der Waals surface area contributed by atoms with Gasteiger partial charge in [0.15, 0.2) is 5.75 Å².